The van der Waals surface area contributed by atoms with Gasteiger partial charge in [-0.3, -0.25) is 4.79 Å². The minimum atomic E-state index is 0.177. The number of nitrogens with zero attached hydrogens (tertiary/aromatic N) is 3. The Morgan fingerprint density at radius 2 is 2.17 bits per heavy atom. The Labute approximate surface area is 108 Å². The van der Waals surface area contributed by atoms with Crippen LogP contribution in [-0.4, -0.2) is 26.6 Å². The van der Waals surface area contributed by atoms with Crippen molar-refractivity contribution >= 4 is 5.78 Å². The molecule has 1 fully saturated rings. The van der Waals surface area contributed by atoms with Gasteiger partial charge in [0.25, 0.3) is 0 Å². The number of hydrogen-bond acceptors (Lipinski definition) is 4. The lowest BCUT2D eigenvalue weighted by molar-refractivity contribution is -0.123. The first-order chi connectivity index (χ1) is 8.70. The van der Waals surface area contributed by atoms with Crippen molar-refractivity contribution in [3.8, 4) is 0 Å². The smallest absolute Gasteiger partial charge is 0.143 e. The molecule has 0 spiro atoms. The maximum absolute atomic E-state index is 12.2. The number of nitrogens with two attached hydrogens (primary N) is 1. The number of aryl methyl sites for hydroxylation is 1. The fourth-order valence-electron chi connectivity index (χ4n) is 2.56. The van der Waals surface area contributed by atoms with Crippen molar-refractivity contribution in [3.63, 3.8) is 0 Å². The predicted octanol–water partition coefficient (Wildman–Crippen LogP) is 1.32. The Morgan fingerprint density at radius 1 is 1.44 bits per heavy atom. The molecule has 1 aliphatic rings. The molecule has 0 unspecified atom stereocenters. The summed E-state index contributed by atoms with van der Waals surface area (Å²) in [5.74, 6) is 1.28. The molecule has 1 aromatic rings. The van der Waals surface area contributed by atoms with E-state index >= 15 is 0 Å². The molecule has 2 N–H and O–H groups in total. The van der Waals surface area contributed by atoms with Gasteiger partial charge in [0.05, 0.1) is 6.42 Å². The standard InChI is InChI=1S/C13H22N4O/c1-2-7-17-13(15-9-16-17)8-12(18)10-3-5-11(14)6-4-10/h9-11H,2-8,14H2,1H3. The van der Waals surface area contributed by atoms with Crippen molar-refractivity contribution in [2.75, 3.05) is 0 Å². The maximum atomic E-state index is 12.2. The number of aromatic nitrogens is 3. The highest BCUT2D eigenvalue weighted by Gasteiger charge is 2.25. The third-order valence-electron chi connectivity index (χ3n) is 3.69. The summed E-state index contributed by atoms with van der Waals surface area (Å²) < 4.78 is 1.84. The van der Waals surface area contributed by atoms with Crippen molar-refractivity contribution in [2.45, 2.75) is 58.0 Å². The number of hydrogen-bond donors (Lipinski definition) is 1. The van der Waals surface area contributed by atoms with Gasteiger partial charge >= 0.3 is 0 Å². The number of ketones is 1. The van der Waals surface area contributed by atoms with E-state index in [1.54, 1.807) is 0 Å². The van der Waals surface area contributed by atoms with Crippen LogP contribution in [0.3, 0.4) is 0 Å². The summed E-state index contributed by atoms with van der Waals surface area (Å²) in [6.45, 7) is 2.92. The second-order valence-electron chi connectivity index (χ2n) is 5.15. The van der Waals surface area contributed by atoms with Gasteiger partial charge in [0, 0.05) is 18.5 Å². The van der Waals surface area contributed by atoms with Crippen LogP contribution in [0.5, 0.6) is 0 Å². The second-order valence-corrected chi connectivity index (χ2v) is 5.15. The Balaban J connectivity index is 1.92. The van der Waals surface area contributed by atoms with Gasteiger partial charge in [-0.1, -0.05) is 6.92 Å². The maximum Gasteiger partial charge on any atom is 0.143 e. The zero-order chi connectivity index (χ0) is 13.0. The summed E-state index contributed by atoms with van der Waals surface area (Å²) in [7, 11) is 0. The van der Waals surface area contributed by atoms with E-state index in [2.05, 4.69) is 17.0 Å². The van der Waals surface area contributed by atoms with Crippen molar-refractivity contribution in [3.05, 3.63) is 12.2 Å². The quantitative estimate of drug-likeness (QED) is 0.855. The van der Waals surface area contributed by atoms with Crippen LogP contribution in [0.1, 0.15) is 44.9 Å². The van der Waals surface area contributed by atoms with E-state index in [1.807, 2.05) is 4.68 Å². The van der Waals surface area contributed by atoms with Crippen molar-refractivity contribution < 1.29 is 4.79 Å². The Morgan fingerprint density at radius 3 is 2.83 bits per heavy atom. The van der Waals surface area contributed by atoms with Crippen molar-refractivity contribution in [2.24, 2.45) is 11.7 Å². The molecule has 0 aliphatic heterocycles. The topological polar surface area (TPSA) is 73.8 Å². The normalized spacial score (nSPS) is 24.1. The molecule has 18 heavy (non-hydrogen) atoms. The van der Waals surface area contributed by atoms with Gasteiger partial charge in [0.1, 0.15) is 17.9 Å². The molecule has 1 heterocycles. The van der Waals surface area contributed by atoms with Gasteiger partial charge in [0.15, 0.2) is 0 Å². The molecule has 0 saturated heterocycles. The average Bonchev–Trinajstić information content (AvgIpc) is 2.78. The molecule has 5 heteroatoms. The van der Waals surface area contributed by atoms with E-state index < -0.39 is 0 Å². The summed E-state index contributed by atoms with van der Waals surface area (Å²) in [6.07, 6.45) is 6.76. The zero-order valence-electron chi connectivity index (χ0n) is 11.0. The number of rotatable bonds is 5. The fourth-order valence-corrected chi connectivity index (χ4v) is 2.56. The minimum absolute atomic E-state index is 0.177. The molecule has 1 aliphatic carbocycles. The first kappa shape index (κ1) is 13.2. The minimum Gasteiger partial charge on any atom is -0.328 e. The molecule has 1 aromatic heterocycles. The van der Waals surface area contributed by atoms with Crippen LogP contribution in [0.2, 0.25) is 0 Å². The number of carbonyl (C=O) groups excluding carboxylic acids is 1. The SMILES string of the molecule is CCCn1ncnc1CC(=O)C1CCC(N)CC1. The van der Waals surface area contributed by atoms with Crippen LogP contribution in [0.25, 0.3) is 0 Å². The van der Waals surface area contributed by atoms with Crippen molar-refractivity contribution in [1.82, 2.24) is 14.8 Å². The van der Waals surface area contributed by atoms with E-state index in [0.29, 0.717) is 12.2 Å². The van der Waals surface area contributed by atoms with Crippen molar-refractivity contribution in [1.29, 1.82) is 0 Å². The van der Waals surface area contributed by atoms with Crippen LogP contribution < -0.4 is 5.73 Å². The molecule has 0 atom stereocenters. The molecule has 0 bridgehead atoms. The van der Waals surface area contributed by atoms with E-state index in [4.69, 9.17) is 5.73 Å². The highest BCUT2D eigenvalue weighted by molar-refractivity contribution is 5.82. The summed E-state index contributed by atoms with van der Waals surface area (Å²) >= 11 is 0. The van der Waals surface area contributed by atoms with Gasteiger partial charge < -0.3 is 5.73 Å². The van der Waals surface area contributed by atoms with Gasteiger partial charge in [-0.15, -0.1) is 0 Å². The fraction of sp³-hybridized carbons (Fsp3) is 0.769. The van der Waals surface area contributed by atoms with Crippen LogP contribution >= 0.6 is 0 Å². The third kappa shape index (κ3) is 3.16. The lowest BCUT2D eigenvalue weighted by Gasteiger charge is -2.24. The first-order valence-electron chi connectivity index (χ1n) is 6.85. The van der Waals surface area contributed by atoms with Crippen LogP contribution in [0, 0.1) is 5.92 Å². The highest BCUT2D eigenvalue weighted by atomic mass is 16.1. The molecular weight excluding hydrogens is 228 g/mol. The van der Waals surface area contributed by atoms with Crippen LogP contribution in [-0.2, 0) is 17.8 Å². The van der Waals surface area contributed by atoms with E-state index in [1.165, 1.54) is 6.33 Å². The zero-order valence-corrected chi connectivity index (χ0v) is 11.0. The summed E-state index contributed by atoms with van der Waals surface area (Å²) in [5.41, 5.74) is 5.86. The van der Waals surface area contributed by atoms with E-state index in [9.17, 15) is 4.79 Å². The molecular formula is C13H22N4O. The summed E-state index contributed by atoms with van der Waals surface area (Å²) in [4.78, 5) is 16.4. The van der Waals surface area contributed by atoms with Gasteiger partial charge in [-0.2, -0.15) is 5.10 Å². The largest absolute Gasteiger partial charge is 0.328 e. The Hall–Kier alpha value is -1.23. The number of carbonyl (C=O) groups is 1. The van der Waals surface area contributed by atoms with Gasteiger partial charge in [0.2, 0.25) is 0 Å². The predicted molar refractivity (Wildman–Crippen MR) is 69.0 cm³/mol. The Bertz CT molecular complexity index is 393. The molecule has 100 valence electrons. The lowest BCUT2D eigenvalue weighted by atomic mass is 9.83. The molecule has 0 radical (unpaired) electrons. The summed E-state index contributed by atoms with van der Waals surface area (Å²) in [5, 5.41) is 4.15. The number of Topliss-reactive ketones (excluding diaryl/α,β-unsaturated/α-hetero) is 1. The van der Waals surface area contributed by atoms with Crippen LogP contribution in [0.4, 0.5) is 0 Å². The first-order valence-corrected chi connectivity index (χ1v) is 6.85. The Kier molecular flexibility index (Phi) is 4.47. The second kappa shape index (κ2) is 6.09. The molecule has 5 nitrogen and oxygen atoms in total. The summed E-state index contributed by atoms with van der Waals surface area (Å²) in [6, 6.07) is 0.290. The molecule has 0 aromatic carbocycles. The van der Waals surface area contributed by atoms with Gasteiger partial charge in [-0.05, 0) is 32.1 Å². The van der Waals surface area contributed by atoms with Crippen LogP contribution in [0.15, 0.2) is 6.33 Å². The monoisotopic (exact) mass is 250 g/mol. The third-order valence-corrected chi connectivity index (χ3v) is 3.69. The molecule has 0 amide bonds. The van der Waals surface area contributed by atoms with Gasteiger partial charge in [-0.25, -0.2) is 9.67 Å². The molecule has 1 saturated carbocycles. The average molecular weight is 250 g/mol. The lowest BCUT2D eigenvalue weighted by Crippen LogP contribution is -2.30. The van der Waals surface area contributed by atoms with E-state index in [-0.39, 0.29) is 12.0 Å². The highest BCUT2D eigenvalue weighted by Crippen LogP contribution is 2.24. The van der Waals surface area contributed by atoms with E-state index in [0.717, 1.165) is 44.5 Å². The molecule has 2 rings (SSSR count).